The fourth-order valence-corrected chi connectivity index (χ4v) is 2.84. The highest BCUT2D eigenvalue weighted by atomic mass is 16.4. The third-order valence-electron chi connectivity index (χ3n) is 4.64. The molecule has 5 amide bonds. The van der Waals surface area contributed by atoms with E-state index in [1.165, 1.54) is 0 Å². The third-order valence-corrected chi connectivity index (χ3v) is 4.64. The molecule has 0 heterocycles. The molecule has 0 saturated carbocycles. The summed E-state index contributed by atoms with van der Waals surface area (Å²) >= 11 is 0. The van der Waals surface area contributed by atoms with Crippen LogP contribution in [-0.4, -0.2) is 88.4 Å². The van der Waals surface area contributed by atoms with Gasteiger partial charge in [-0.25, -0.2) is 4.79 Å². The maximum Gasteiger partial charge on any atom is 0.326 e. The molecule has 0 aromatic heterocycles. The fraction of sp³-hybridized carbons (Fsp3) is 0.579. The van der Waals surface area contributed by atoms with E-state index in [2.05, 4.69) is 20.9 Å². The summed E-state index contributed by atoms with van der Waals surface area (Å²) in [5.41, 5.74) is 26.0. The van der Waals surface area contributed by atoms with Gasteiger partial charge in [0.25, 0.3) is 0 Å². The zero-order chi connectivity index (χ0) is 28.7. The molecule has 0 aliphatic rings. The summed E-state index contributed by atoms with van der Waals surface area (Å²) in [4.78, 5) is 86.3. The summed E-state index contributed by atoms with van der Waals surface area (Å²) < 4.78 is 0. The lowest BCUT2D eigenvalue weighted by atomic mass is 10.1. The highest BCUT2D eigenvalue weighted by molar-refractivity contribution is 5.96. The zero-order valence-corrected chi connectivity index (χ0v) is 19.8. The number of carboxylic acid groups (broad SMARTS) is 2. The lowest BCUT2D eigenvalue weighted by molar-refractivity contribution is -0.142. The molecule has 208 valence electrons. The van der Waals surface area contributed by atoms with Gasteiger partial charge in [0, 0.05) is 13.0 Å². The van der Waals surface area contributed by atoms with Gasteiger partial charge in [0.05, 0.1) is 18.9 Å². The average Bonchev–Trinajstić information content (AvgIpc) is 2.76. The summed E-state index contributed by atoms with van der Waals surface area (Å²) in [6, 6.07) is -6.12. The minimum atomic E-state index is -1.67. The quantitative estimate of drug-likeness (QED) is 0.0449. The van der Waals surface area contributed by atoms with Crippen LogP contribution in [0.25, 0.3) is 0 Å². The first-order chi connectivity index (χ1) is 17.1. The molecular formula is C19H33N9O9. The Morgan fingerprint density at radius 1 is 0.703 bits per heavy atom. The van der Waals surface area contributed by atoms with Gasteiger partial charge in [-0.2, -0.15) is 0 Å². The monoisotopic (exact) mass is 531 g/mol. The molecule has 0 aromatic rings. The van der Waals surface area contributed by atoms with Crippen molar-refractivity contribution in [3.05, 3.63) is 0 Å². The predicted octanol–water partition coefficient (Wildman–Crippen LogP) is -5.48. The van der Waals surface area contributed by atoms with Crippen molar-refractivity contribution in [2.75, 3.05) is 6.54 Å². The van der Waals surface area contributed by atoms with E-state index in [1.807, 2.05) is 0 Å². The van der Waals surface area contributed by atoms with Crippen molar-refractivity contribution in [2.45, 2.75) is 62.7 Å². The van der Waals surface area contributed by atoms with Gasteiger partial charge in [-0.05, 0) is 19.3 Å². The Balaban J connectivity index is 5.56. The van der Waals surface area contributed by atoms with E-state index in [-0.39, 0.29) is 25.3 Å². The molecule has 0 radical (unpaired) electrons. The number of aliphatic carboxylic acids is 2. The van der Waals surface area contributed by atoms with E-state index >= 15 is 0 Å². The normalized spacial score (nSPS) is 13.6. The van der Waals surface area contributed by atoms with Crippen LogP contribution in [-0.2, 0) is 33.6 Å². The van der Waals surface area contributed by atoms with Crippen LogP contribution in [0.1, 0.15) is 38.5 Å². The Morgan fingerprint density at radius 2 is 1.22 bits per heavy atom. The molecule has 0 saturated heterocycles. The molecule has 0 fully saturated rings. The number of guanidine groups is 1. The van der Waals surface area contributed by atoms with E-state index in [4.69, 9.17) is 33.8 Å². The van der Waals surface area contributed by atoms with Crippen molar-refractivity contribution in [3.63, 3.8) is 0 Å². The Kier molecular flexibility index (Phi) is 14.3. The van der Waals surface area contributed by atoms with Gasteiger partial charge in [0.15, 0.2) is 5.96 Å². The number of amides is 5. The molecule has 0 rings (SSSR count). The van der Waals surface area contributed by atoms with Gasteiger partial charge < -0.3 is 54.8 Å². The molecule has 0 spiro atoms. The molecule has 37 heavy (non-hydrogen) atoms. The lowest BCUT2D eigenvalue weighted by Gasteiger charge is -2.24. The molecular weight excluding hydrogens is 498 g/mol. The molecule has 15 N–H and O–H groups in total. The minimum absolute atomic E-state index is 0.0757. The van der Waals surface area contributed by atoms with Crippen molar-refractivity contribution >= 4 is 47.4 Å². The summed E-state index contributed by atoms with van der Waals surface area (Å²) in [6.07, 6.45) is -2.30. The first kappa shape index (κ1) is 32.5. The Labute approximate surface area is 210 Å². The molecule has 18 heteroatoms. The summed E-state index contributed by atoms with van der Waals surface area (Å²) in [5.74, 6) is -8.07. The van der Waals surface area contributed by atoms with Gasteiger partial charge in [0.2, 0.25) is 29.5 Å². The van der Waals surface area contributed by atoms with Crippen LogP contribution in [0.3, 0.4) is 0 Å². The SMILES string of the molecule is NC(=O)CC(N)C(=O)NC(CCC(=O)O)C(=O)NC(CC(N)=O)C(=O)NC(CCCN=C(N)N)C(=O)O. The van der Waals surface area contributed by atoms with Gasteiger partial charge in [0.1, 0.15) is 18.1 Å². The first-order valence-corrected chi connectivity index (χ1v) is 10.9. The molecule has 0 bridgehead atoms. The van der Waals surface area contributed by atoms with Crippen molar-refractivity contribution in [1.82, 2.24) is 16.0 Å². The van der Waals surface area contributed by atoms with Crippen LogP contribution in [0.2, 0.25) is 0 Å². The number of nitrogens with two attached hydrogens (primary N) is 5. The number of hydrogen-bond acceptors (Lipinski definition) is 9. The van der Waals surface area contributed by atoms with Gasteiger partial charge in [-0.1, -0.05) is 0 Å². The van der Waals surface area contributed by atoms with Crippen LogP contribution in [0.5, 0.6) is 0 Å². The van der Waals surface area contributed by atoms with Crippen molar-refractivity contribution in [2.24, 2.45) is 33.7 Å². The second-order valence-corrected chi connectivity index (χ2v) is 7.85. The zero-order valence-electron chi connectivity index (χ0n) is 19.8. The van der Waals surface area contributed by atoms with Crippen LogP contribution in [0, 0.1) is 0 Å². The Hall–Kier alpha value is -4.48. The number of primary amides is 2. The second-order valence-electron chi connectivity index (χ2n) is 7.85. The van der Waals surface area contributed by atoms with Gasteiger partial charge in [-0.15, -0.1) is 0 Å². The summed E-state index contributed by atoms with van der Waals surface area (Å²) in [7, 11) is 0. The van der Waals surface area contributed by atoms with Gasteiger partial charge >= 0.3 is 11.9 Å². The number of nitrogens with zero attached hydrogens (tertiary/aromatic N) is 1. The van der Waals surface area contributed by atoms with Gasteiger partial charge in [-0.3, -0.25) is 33.8 Å². The number of rotatable bonds is 18. The lowest BCUT2D eigenvalue weighted by Crippen LogP contribution is -2.58. The van der Waals surface area contributed by atoms with Crippen LogP contribution >= 0.6 is 0 Å². The highest BCUT2D eigenvalue weighted by Crippen LogP contribution is 2.04. The van der Waals surface area contributed by atoms with Crippen LogP contribution < -0.4 is 44.6 Å². The van der Waals surface area contributed by atoms with E-state index in [9.17, 15) is 38.7 Å². The topological polar surface area (TPSA) is 338 Å². The smallest absolute Gasteiger partial charge is 0.326 e. The number of nitrogens with one attached hydrogen (secondary N) is 3. The number of aliphatic imine (C=N–C) groups is 1. The summed E-state index contributed by atoms with van der Waals surface area (Å²) in [5, 5.41) is 24.8. The van der Waals surface area contributed by atoms with E-state index in [0.29, 0.717) is 0 Å². The first-order valence-electron chi connectivity index (χ1n) is 10.9. The summed E-state index contributed by atoms with van der Waals surface area (Å²) in [6.45, 7) is 0.0757. The molecule has 0 aliphatic heterocycles. The number of carboxylic acids is 2. The predicted molar refractivity (Wildman–Crippen MR) is 126 cm³/mol. The number of hydrogen-bond donors (Lipinski definition) is 10. The third kappa shape index (κ3) is 14.5. The Morgan fingerprint density at radius 3 is 1.70 bits per heavy atom. The van der Waals surface area contributed by atoms with Crippen molar-refractivity contribution < 1.29 is 43.8 Å². The maximum absolute atomic E-state index is 12.8. The highest BCUT2D eigenvalue weighted by Gasteiger charge is 2.31. The maximum atomic E-state index is 12.8. The van der Waals surface area contributed by atoms with Crippen molar-refractivity contribution in [3.8, 4) is 0 Å². The molecule has 0 aromatic carbocycles. The Bertz CT molecular complexity index is 905. The fourth-order valence-electron chi connectivity index (χ4n) is 2.84. The van der Waals surface area contributed by atoms with Crippen LogP contribution in [0.15, 0.2) is 4.99 Å². The van der Waals surface area contributed by atoms with E-state index in [1.54, 1.807) is 0 Å². The molecule has 4 unspecified atom stereocenters. The standard InChI is InChI=1S/C19H33N9O9/c20-8(6-12(21)29)15(33)26-9(3-4-14(31)32)16(34)28-11(7-13(22)30)17(35)27-10(18(36)37)2-1-5-25-19(23)24/h8-11H,1-7,20H2,(H2,21,29)(H2,22,30)(H,26,33)(H,27,35)(H,28,34)(H,31,32)(H,36,37)(H4,23,24,25). The van der Waals surface area contributed by atoms with Crippen molar-refractivity contribution in [1.29, 1.82) is 0 Å². The van der Waals surface area contributed by atoms with E-state index < -0.39 is 91.3 Å². The van der Waals surface area contributed by atoms with Crippen LogP contribution in [0.4, 0.5) is 0 Å². The largest absolute Gasteiger partial charge is 0.481 e. The minimum Gasteiger partial charge on any atom is -0.481 e. The van der Waals surface area contributed by atoms with E-state index in [0.717, 1.165) is 0 Å². The molecule has 0 aliphatic carbocycles. The average molecular weight is 532 g/mol. The number of carbonyl (C=O) groups excluding carboxylic acids is 5. The molecule has 4 atom stereocenters. The second kappa shape index (κ2) is 16.2. The molecule has 18 nitrogen and oxygen atoms in total. The number of carbonyl (C=O) groups is 7.